The molecule has 1 N–H and O–H groups in total. The maximum Gasteiger partial charge on any atom is 0.371 e. The second kappa shape index (κ2) is 3.85. The number of hydrogen-bond acceptors (Lipinski definition) is 2. The molecule has 0 aliphatic heterocycles. The van der Waals surface area contributed by atoms with Crippen LogP contribution in [-0.2, 0) is 9.59 Å². The lowest BCUT2D eigenvalue weighted by Gasteiger charge is -1.73. The van der Waals surface area contributed by atoms with Gasteiger partial charge in [0.2, 0.25) is 5.78 Å². The molecule has 3 nitrogen and oxygen atoms in total. The minimum atomic E-state index is -1.38. The van der Waals surface area contributed by atoms with Gasteiger partial charge in [0.1, 0.15) is 0 Å². The van der Waals surface area contributed by atoms with E-state index in [4.69, 9.17) is 5.11 Å². The highest BCUT2D eigenvalue weighted by molar-refractivity contribution is 6.31. The molecule has 0 saturated heterocycles. The zero-order valence-electron chi connectivity index (χ0n) is 3.26. The van der Waals surface area contributed by atoms with E-state index in [-0.39, 0.29) is 17.4 Å². The first-order valence-electron chi connectivity index (χ1n) is 1.38. The van der Waals surface area contributed by atoms with E-state index in [1.807, 2.05) is 0 Å². The summed E-state index contributed by atoms with van der Waals surface area (Å²) in [5.74, 6) is -2.20. The van der Waals surface area contributed by atoms with Crippen molar-refractivity contribution in [3.05, 3.63) is 0 Å². The summed E-state index contributed by atoms with van der Waals surface area (Å²) in [6.45, 7) is 1.00. The van der Waals surface area contributed by atoms with Crippen LogP contribution in [0.25, 0.3) is 0 Å². The quantitative estimate of drug-likeness (QED) is 0.336. The number of aliphatic carboxylic acids is 1. The molecule has 0 amide bonds. The van der Waals surface area contributed by atoms with Gasteiger partial charge < -0.3 is 5.11 Å². The molecule has 0 atom stereocenters. The molecule has 0 radical (unpaired) electrons. The van der Waals surface area contributed by atoms with E-state index in [1.54, 1.807) is 0 Å². The topological polar surface area (TPSA) is 54.4 Å². The molecule has 0 aliphatic carbocycles. The highest BCUT2D eigenvalue weighted by atomic mass is 27.0. The van der Waals surface area contributed by atoms with Gasteiger partial charge in [-0.3, -0.25) is 4.79 Å². The Labute approximate surface area is 51.5 Å². The third-order valence-corrected chi connectivity index (χ3v) is 0.301. The summed E-state index contributed by atoms with van der Waals surface area (Å²) in [5, 5.41) is 7.64. The van der Waals surface area contributed by atoms with E-state index < -0.39 is 11.8 Å². The summed E-state index contributed by atoms with van der Waals surface area (Å²) in [6.07, 6.45) is 0. The van der Waals surface area contributed by atoms with Crippen LogP contribution in [0.3, 0.4) is 0 Å². The van der Waals surface area contributed by atoms with Crippen molar-refractivity contribution in [2.24, 2.45) is 0 Å². The van der Waals surface area contributed by atoms with Crippen molar-refractivity contribution in [2.75, 3.05) is 0 Å². The van der Waals surface area contributed by atoms with Crippen LogP contribution in [0.5, 0.6) is 0 Å². The van der Waals surface area contributed by atoms with Crippen LogP contribution in [0.15, 0.2) is 0 Å². The van der Waals surface area contributed by atoms with Crippen molar-refractivity contribution in [1.29, 1.82) is 0 Å². The molecular weight excluding hydrogens is 111 g/mol. The molecule has 0 aromatic rings. The van der Waals surface area contributed by atoms with Crippen LogP contribution < -0.4 is 0 Å². The van der Waals surface area contributed by atoms with Crippen molar-refractivity contribution in [3.8, 4) is 0 Å². The van der Waals surface area contributed by atoms with Crippen molar-refractivity contribution in [3.63, 3.8) is 0 Å². The smallest absolute Gasteiger partial charge is 0.371 e. The van der Waals surface area contributed by atoms with E-state index in [0.29, 0.717) is 0 Å². The van der Waals surface area contributed by atoms with Crippen LogP contribution >= 0.6 is 0 Å². The van der Waals surface area contributed by atoms with Gasteiger partial charge >= 0.3 is 5.97 Å². The molecule has 0 unspecified atom stereocenters. The fourth-order valence-electron chi connectivity index (χ4n) is 0. The molecule has 0 saturated carbocycles. The maximum absolute atomic E-state index is 9.54. The third-order valence-electron chi connectivity index (χ3n) is 0.301. The van der Waals surface area contributed by atoms with Crippen molar-refractivity contribution in [1.82, 2.24) is 0 Å². The Morgan fingerprint density at radius 3 is 1.57 bits per heavy atom. The van der Waals surface area contributed by atoms with Gasteiger partial charge in [0, 0.05) is 6.92 Å². The first-order chi connectivity index (χ1) is 2.64. The molecule has 7 heavy (non-hydrogen) atoms. The molecule has 0 bridgehead atoms. The summed E-state index contributed by atoms with van der Waals surface area (Å²) < 4.78 is 0. The first-order valence-corrected chi connectivity index (χ1v) is 1.38. The van der Waals surface area contributed by atoms with Crippen molar-refractivity contribution < 1.29 is 14.7 Å². The van der Waals surface area contributed by atoms with Gasteiger partial charge in [-0.2, -0.15) is 0 Å². The van der Waals surface area contributed by atoms with E-state index in [9.17, 15) is 9.59 Å². The van der Waals surface area contributed by atoms with E-state index in [0.717, 1.165) is 6.92 Å². The molecule has 40 valence electrons. The molecule has 4 heteroatoms. The number of Topliss-reactive ketones (excluding diaryl/α,β-unsaturated/α-hetero) is 1. The lowest BCUT2D eigenvalue weighted by Crippen LogP contribution is -2.05. The Kier molecular flexibility index (Phi) is 5.41. The standard InChI is InChI=1S/C3H4O3.Al.3H/c1-2(4)3(5)6;;;;/h1H3,(H,5,6);;;;. The summed E-state index contributed by atoms with van der Waals surface area (Å²) in [6, 6.07) is 0. The summed E-state index contributed by atoms with van der Waals surface area (Å²) in [4.78, 5) is 18.9. The normalized spacial score (nSPS) is 6.43. The second-order valence-corrected chi connectivity index (χ2v) is 0.861. The van der Waals surface area contributed by atoms with Crippen LogP contribution in [0, 0.1) is 0 Å². The summed E-state index contributed by atoms with van der Waals surface area (Å²) in [7, 11) is 0. The predicted octanol–water partition coefficient (Wildman–Crippen LogP) is -1.52. The number of ketones is 1. The predicted molar refractivity (Wildman–Crippen MR) is 28.3 cm³/mol. The Morgan fingerprint density at radius 2 is 1.57 bits per heavy atom. The molecule has 0 heterocycles. The molecule has 0 aromatic carbocycles. The Morgan fingerprint density at radius 1 is 1.43 bits per heavy atom. The minimum Gasteiger partial charge on any atom is -0.476 e. The van der Waals surface area contributed by atoms with Gasteiger partial charge in [0.05, 0.1) is 0 Å². The lowest BCUT2D eigenvalue weighted by molar-refractivity contribution is -0.148. The van der Waals surface area contributed by atoms with Crippen LogP contribution in [0.2, 0.25) is 0 Å². The zero-order chi connectivity index (χ0) is 5.15. The Balaban J connectivity index is 0. The van der Waals surface area contributed by atoms with Gasteiger partial charge in [-0.1, -0.05) is 0 Å². The lowest BCUT2D eigenvalue weighted by atomic mass is 10.5. The molecule has 0 fully saturated rings. The summed E-state index contributed by atoms with van der Waals surface area (Å²) >= 11 is 0. The highest BCUT2D eigenvalue weighted by Crippen LogP contribution is 1.61. The average molecular weight is 118 g/mol. The Bertz CT molecular complexity index is 76.2. The summed E-state index contributed by atoms with van der Waals surface area (Å²) in [5.41, 5.74) is 0. The van der Waals surface area contributed by atoms with Crippen LogP contribution in [0.1, 0.15) is 6.92 Å². The number of hydrogen-bond donors (Lipinski definition) is 1. The van der Waals surface area contributed by atoms with Gasteiger partial charge in [0.25, 0.3) is 0 Å². The van der Waals surface area contributed by atoms with Crippen LogP contribution in [0.4, 0.5) is 0 Å². The van der Waals surface area contributed by atoms with Gasteiger partial charge in [-0.25, -0.2) is 4.79 Å². The van der Waals surface area contributed by atoms with E-state index in [1.165, 1.54) is 0 Å². The SMILES string of the molecule is CC(=O)C(=O)O.[AlH3]. The van der Waals surface area contributed by atoms with E-state index in [2.05, 4.69) is 0 Å². The van der Waals surface area contributed by atoms with Gasteiger partial charge in [0.15, 0.2) is 17.4 Å². The largest absolute Gasteiger partial charge is 0.476 e. The zero-order valence-corrected chi connectivity index (χ0v) is 3.26. The number of rotatable bonds is 1. The molecule has 0 aromatic heterocycles. The fraction of sp³-hybridized carbons (Fsp3) is 0.333. The first kappa shape index (κ1) is 9.83. The third kappa shape index (κ3) is 5.67. The fourth-order valence-corrected chi connectivity index (χ4v) is 0. The molecular formula is C3H7AlO3. The van der Waals surface area contributed by atoms with Gasteiger partial charge in [-0.05, 0) is 0 Å². The Hall–Kier alpha value is -0.328. The number of carbonyl (C=O) groups excluding carboxylic acids is 1. The van der Waals surface area contributed by atoms with Crippen molar-refractivity contribution in [2.45, 2.75) is 6.92 Å². The maximum atomic E-state index is 9.54. The minimum absolute atomic E-state index is 0. The van der Waals surface area contributed by atoms with Crippen LogP contribution in [-0.4, -0.2) is 34.2 Å². The second-order valence-electron chi connectivity index (χ2n) is 0.861. The number of carbonyl (C=O) groups is 2. The van der Waals surface area contributed by atoms with Gasteiger partial charge in [-0.15, -0.1) is 0 Å². The van der Waals surface area contributed by atoms with Crippen molar-refractivity contribution >= 4 is 29.1 Å². The molecule has 0 rings (SSSR count). The monoisotopic (exact) mass is 118 g/mol. The highest BCUT2D eigenvalue weighted by Gasteiger charge is 1.98. The molecule has 0 aliphatic rings. The number of carboxylic acid groups (broad SMARTS) is 1. The number of carboxylic acids is 1. The average Bonchev–Trinajstić information content (AvgIpc) is 1.36. The molecule has 0 spiro atoms. The van der Waals surface area contributed by atoms with E-state index >= 15 is 0 Å².